The summed E-state index contributed by atoms with van der Waals surface area (Å²) in [4.78, 5) is 0. The molecule has 2 aliphatic rings. The monoisotopic (exact) mass is 292 g/mol. The fraction of sp³-hybridized carbons (Fsp3) is 0.789. The van der Waals surface area contributed by atoms with E-state index in [9.17, 15) is 4.39 Å². The van der Waals surface area contributed by atoms with Crippen LogP contribution in [-0.4, -0.2) is 18.9 Å². The van der Waals surface area contributed by atoms with Crippen LogP contribution in [0.4, 0.5) is 4.39 Å². The molecule has 0 bridgehead atoms. The number of hydrogen-bond donors (Lipinski definition) is 0. The Kier molecular flexibility index (Phi) is 5.88. The zero-order chi connectivity index (χ0) is 15.4. The quantitative estimate of drug-likeness (QED) is 0.462. The van der Waals surface area contributed by atoms with E-state index in [1.807, 2.05) is 0 Å². The first-order chi connectivity index (χ1) is 10.0. The highest BCUT2D eigenvalue weighted by atomic mass is 19.1. The summed E-state index contributed by atoms with van der Waals surface area (Å²) in [6.07, 6.45) is 12.3. The standard InChI is InChI=1S/C19H29FO/c1-5-6-7-15(10-11-21-13(2)3)19-17-9-8-16(14(4)20)12-18(17)19/h1,12-15,17-19H,6-11H2,2-4H3. The summed E-state index contributed by atoms with van der Waals surface area (Å²) in [5, 5.41) is 0. The average Bonchev–Trinajstić information content (AvgIpc) is 3.15. The van der Waals surface area contributed by atoms with Gasteiger partial charge in [-0.2, -0.15) is 0 Å². The Balaban J connectivity index is 1.91. The highest BCUT2D eigenvalue weighted by molar-refractivity contribution is 5.22. The number of ether oxygens (including phenoxy) is 1. The Morgan fingerprint density at radius 2 is 2.14 bits per heavy atom. The number of fused-ring (bicyclic) bond motifs is 1. The first-order valence-electron chi connectivity index (χ1n) is 8.44. The molecule has 1 saturated carbocycles. The second-order valence-electron chi connectivity index (χ2n) is 6.93. The van der Waals surface area contributed by atoms with Gasteiger partial charge in [0.15, 0.2) is 0 Å². The predicted molar refractivity (Wildman–Crippen MR) is 85.6 cm³/mol. The zero-order valence-electron chi connectivity index (χ0n) is 13.6. The third kappa shape index (κ3) is 4.33. The highest BCUT2D eigenvalue weighted by Crippen LogP contribution is 2.59. The number of rotatable bonds is 8. The summed E-state index contributed by atoms with van der Waals surface area (Å²) < 4.78 is 19.2. The molecule has 0 aromatic heterocycles. The van der Waals surface area contributed by atoms with Crippen molar-refractivity contribution in [3.8, 4) is 12.3 Å². The smallest absolute Gasteiger partial charge is 0.118 e. The van der Waals surface area contributed by atoms with Gasteiger partial charge in [0.05, 0.1) is 6.10 Å². The minimum Gasteiger partial charge on any atom is -0.379 e. The van der Waals surface area contributed by atoms with Crippen molar-refractivity contribution in [3.05, 3.63) is 11.6 Å². The van der Waals surface area contributed by atoms with Gasteiger partial charge in [0.1, 0.15) is 6.17 Å². The lowest BCUT2D eigenvalue weighted by Gasteiger charge is -2.17. The molecule has 0 saturated heterocycles. The van der Waals surface area contributed by atoms with Gasteiger partial charge in [-0.1, -0.05) is 6.08 Å². The molecule has 0 aliphatic heterocycles. The maximum atomic E-state index is 13.5. The van der Waals surface area contributed by atoms with Crippen LogP contribution < -0.4 is 0 Å². The van der Waals surface area contributed by atoms with Crippen LogP contribution in [0.1, 0.15) is 52.9 Å². The van der Waals surface area contributed by atoms with Crippen LogP contribution in [-0.2, 0) is 4.74 Å². The fourth-order valence-electron chi connectivity index (χ4n) is 3.96. The summed E-state index contributed by atoms with van der Waals surface area (Å²) in [6.45, 7) is 6.63. The van der Waals surface area contributed by atoms with Gasteiger partial charge in [-0.15, -0.1) is 12.3 Å². The number of allylic oxidation sites excluding steroid dienone is 2. The summed E-state index contributed by atoms with van der Waals surface area (Å²) in [7, 11) is 0. The fourth-order valence-corrected chi connectivity index (χ4v) is 3.96. The van der Waals surface area contributed by atoms with Crippen LogP contribution in [0.2, 0.25) is 0 Å². The van der Waals surface area contributed by atoms with Crippen LogP contribution in [0.5, 0.6) is 0 Å². The molecule has 118 valence electrons. The van der Waals surface area contributed by atoms with Crippen molar-refractivity contribution >= 4 is 0 Å². The molecule has 2 heteroatoms. The van der Waals surface area contributed by atoms with Crippen molar-refractivity contribution in [2.24, 2.45) is 23.7 Å². The lowest BCUT2D eigenvalue weighted by atomic mass is 9.92. The van der Waals surface area contributed by atoms with E-state index in [4.69, 9.17) is 11.2 Å². The average molecular weight is 292 g/mol. The molecule has 21 heavy (non-hydrogen) atoms. The molecule has 0 N–H and O–H groups in total. The van der Waals surface area contributed by atoms with Crippen LogP contribution >= 0.6 is 0 Å². The lowest BCUT2D eigenvalue weighted by Crippen LogP contribution is -2.12. The van der Waals surface area contributed by atoms with Gasteiger partial charge < -0.3 is 4.74 Å². The second kappa shape index (κ2) is 7.45. The first kappa shape index (κ1) is 16.6. The summed E-state index contributed by atoms with van der Waals surface area (Å²) >= 11 is 0. The first-order valence-corrected chi connectivity index (χ1v) is 8.44. The van der Waals surface area contributed by atoms with E-state index in [1.165, 1.54) is 0 Å². The van der Waals surface area contributed by atoms with Crippen LogP contribution in [0.15, 0.2) is 11.6 Å². The van der Waals surface area contributed by atoms with Gasteiger partial charge >= 0.3 is 0 Å². The Morgan fingerprint density at radius 1 is 1.38 bits per heavy atom. The molecule has 0 aromatic carbocycles. The number of hydrogen-bond acceptors (Lipinski definition) is 1. The third-order valence-corrected chi connectivity index (χ3v) is 5.12. The van der Waals surface area contributed by atoms with Crippen molar-refractivity contribution in [2.45, 2.75) is 65.2 Å². The largest absolute Gasteiger partial charge is 0.379 e. The second-order valence-corrected chi connectivity index (χ2v) is 6.93. The van der Waals surface area contributed by atoms with E-state index in [1.54, 1.807) is 6.92 Å². The predicted octanol–water partition coefficient (Wildman–Crippen LogP) is 4.77. The Morgan fingerprint density at radius 3 is 2.76 bits per heavy atom. The number of alkyl halides is 1. The normalized spacial score (nSPS) is 30.3. The van der Waals surface area contributed by atoms with E-state index in [0.29, 0.717) is 23.9 Å². The van der Waals surface area contributed by atoms with E-state index < -0.39 is 6.17 Å². The van der Waals surface area contributed by atoms with Crippen LogP contribution in [0.3, 0.4) is 0 Å². The molecule has 0 spiro atoms. The third-order valence-electron chi connectivity index (χ3n) is 5.12. The van der Waals surface area contributed by atoms with Gasteiger partial charge in [0.25, 0.3) is 0 Å². The van der Waals surface area contributed by atoms with Crippen molar-refractivity contribution in [2.75, 3.05) is 6.61 Å². The molecule has 2 aliphatic carbocycles. The molecule has 5 atom stereocenters. The maximum absolute atomic E-state index is 13.5. The molecule has 1 nitrogen and oxygen atoms in total. The van der Waals surface area contributed by atoms with E-state index in [0.717, 1.165) is 50.2 Å². The lowest BCUT2D eigenvalue weighted by molar-refractivity contribution is 0.0648. The molecule has 0 heterocycles. The molecule has 0 aromatic rings. The van der Waals surface area contributed by atoms with Crippen LogP contribution in [0, 0.1) is 36.0 Å². The van der Waals surface area contributed by atoms with Gasteiger partial charge in [0.2, 0.25) is 0 Å². The minimum atomic E-state index is -0.777. The minimum absolute atomic E-state index is 0.290. The Labute approximate surface area is 129 Å². The van der Waals surface area contributed by atoms with Crippen LogP contribution in [0.25, 0.3) is 0 Å². The zero-order valence-corrected chi connectivity index (χ0v) is 13.6. The topological polar surface area (TPSA) is 9.23 Å². The van der Waals surface area contributed by atoms with Crippen molar-refractivity contribution in [1.82, 2.24) is 0 Å². The van der Waals surface area contributed by atoms with Crippen molar-refractivity contribution in [1.29, 1.82) is 0 Å². The Hall–Kier alpha value is -0.810. The SMILES string of the molecule is C#CCCC(CCOC(C)C)C1C2C=C(C(C)F)CCC21. The van der Waals surface area contributed by atoms with Gasteiger partial charge in [-0.25, -0.2) is 4.39 Å². The van der Waals surface area contributed by atoms with E-state index in [-0.39, 0.29) is 0 Å². The molecule has 1 fully saturated rings. The van der Waals surface area contributed by atoms with Crippen molar-refractivity contribution in [3.63, 3.8) is 0 Å². The summed E-state index contributed by atoms with van der Waals surface area (Å²) in [5.74, 6) is 5.50. The number of terminal acetylenes is 1. The van der Waals surface area contributed by atoms with Gasteiger partial charge in [-0.05, 0) is 75.7 Å². The van der Waals surface area contributed by atoms with E-state index >= 15 is 0 Å². The number of halogens is 1. The maximum Gasteiger partial charge on any atom is 0.118 e. The summed E-state index contributed by atoms with van der Waals surface area (Å²) in [6, 6.07) is 0. The molecular weight excluding hydrogens is 263 g/mol. The molecular formula is C19H29FO. The molecule has 0 radical (unpaired) electrons. The molecule has 5 unspecified atom stereocenters. The van der Waals surface area contributed by atoms with Gasteiger partial charge in [-0.3, -0.25) is 0 Å². The van der Waals surface area contributed by atoms with E-state index in [2.05, 4.69) is 25.8 Å². The highest BCUT2D eigenvalue weighted by Gasteiger charge is 2.53. The Bertz CT molecular complexity index is 404. The summed E-state index contributed by atoms with van der Waals surface area (Å²) in [5.41, 5.74) is 1.02. The molecule has 2 rings (SSSR count). The van der Waals surface area contributed by atoms with Gasteiger partial charge in [0, 0.05) is 13.0 Å². The van der Waals surface area contributed by atoms with Crippen molar-refractivity contribution < 1.29 is 9.13 Å². The molecule has 0 amide bonds.